The van der Waals surface area contributed by atoms with Crippen LogP contribution in [0.25, 0.3) is 49.3 Å². The Morgan fingerprint density at radius 1 is 0.593 bits per heavy atom. The van der Waals surface area contributed by atoms with Crippen LogP contribution in [-0.4, -0.2) is 9.55 Å². The van der Waals surface area contributed by atoms with E-state index in [0.717, 1.165) is 0 Å². The lowest BCUT2D eigenvalue weighted by atomic mass is 10.1. The number of benzene rings is 4. The van der Waals surface area contributed by atoms with Gasteiger partial charge in [-0.05, 0) is 43.3 Å². The van der Waals surface area contributed by atoms with Crippen molar-refractivity contribution >= 4 is 43.6 Å². The van der Waals surface area contributed by atoms with E-state index in [1.54, 1.807) is 0 Å². The van der Waals surface area contributed by atoms with Crippen LogP contribution in [0.2, 0.25) is 0 Å². The van der Waals surface area contributed by atoms with E-state index in [9.17, 15) is 0 Å². The average molecular weight is 346 g/mol. The molecule has 0 saturated carbocycles. The topological polar surface area (TPSA) is 20.7 Å². The predicted molar refractivity (Wildman–Crippen MR) is 115 cm³/mol. The van der Waals surface area contributed by atoms with Crippen molar-refractivity contribution in [2.24, 2.45) is 0 Å². The second kappa shape index (κ2) is 5.24. The number of nitrogens with zero attached hydrogens (tertiary/aromatic N) is 1. The minimum Gasteiger partial charge on any atom is -0.354 e. The van der Waals surface area contributed by atoms with E-state index in [1.807, 2.05) is 0 Å². The SMILES string of the molecule is Cc1ccc(-n2c3ccccc3c3c4c(ccc32)[nH]c2ccccc24)cc1. The number of hydrogen-bond donors (Lipinski definition) is 1. The van der Waals surface area contributed by atoms with Crippen molar-refractivity contribution in [3.63, 3.8) is 0 Å². The van der Waals surface area contributed by atoms with Crippen molar-refractivity contribution in [3.05, 3.63) is 90.5 Å². The van der Waals surface area contributed by atoms with Crippen molar-refractivity contribution in [1.29, 1.82) is 0 Å². The lowest BCUT2D eigenvalue weighted by Gasteiger charge is -2.08. The standard InChI is InChI=1S/C25H18N2/c1-16-10-12-17(13-11-16)27-22-9-5-3-7-19(22)25-23(27)15-14-21-24(25)18-6-2-4-8-20(18)26-21/h2-15,26H,1H3. The normalized spacial score (nSPS) is 11.9. The van der Waals surface area contributed by atoms with Crippen molar-refractivity contribution in [1.82, 2.24) is 9.55 Å². The Morgan fingerprint density at radius 2 is 1.33 bits per heavy atom. The maximum atomic E-state index is 3.58. The zero-order valence-electron chi connectivity index (χ0n) is 15.0. The second-order valence-electron chi connectivity index (χ2n) is 7.24. The van der Waals surface area contributed by atoms with E-state index in [4.69, 9.17) is 0 Å². The van der Waals surface area contributed by atoms with Gasteiger partial charge in [0.2, 0.25) is 0 Å². The summed E-state index contributed by atoms with van der Waals surface area (Å²) in [5, 5.41) is 5.21. The third-order valence-electron chi connectivity index (χ3n) is 5.60. The summed E-state index contributed by atoms with van der Waals surface area (Å²) in [5.41, 5.74) is 7.35. The number of aryl methyl sites for hydroxylation is 1. The van der Waals surface area contributed by atoms with Crippen molar-refractivity contribution in [2.75, 3.05) is 0 Å². The fourth-order valence-electron chi connectivity index (χ4n) is 4.37. The van der Waals surface area contributed by atoms with Gasteiger partial charge in [0.15, 0.2) is 0 Å². The third kappa shape index (κ3) is 1.95. The summed E-state index contributed by atoms with van der Waals surface area (Å²) in [4.78, 5) is 3.58. The van der Waals surface area contributed by atoms with Crippen LogP contribution in [0.1, 0.15) is 5.56 Å². The Balaban J connectivity index is 1.88. The number of aromatic amines is 1. The summed E-state index contributed by atoms with van der Waals surface area (Å²) in [6, 6.07) is 30.5. The smallest absolute Gasteiger partial charge is 0.0548 e. The molecule has 0 fully saturated rings. The molecule has 27 heavy (non-hydrogen) atoms. The number of aromatic nitrogens is 2. The first-order chi connectivity index (χ1) is 13.3. The summed E-state index contributed by atoms with van der Waals surface area (Å²) < 4.78 is 2.38. The first-order valence-corrected chi connectivity index (χ1v) is 9.31. The molecular weight excluding hydrogens is 328 g/mol. The number of H-pyrrole nitrogens is 1. The summed E-state index contributed by atoms with van der Waals surface area (Å²) in [7, 11) is 0. The van der Waals surface area contributed by atoms with Crippen molar-refractivity contribution in [2.45, 2.75) is 6.92 Å². The molecule has 0 aliphatic heterocycles. The van der Waals surface area contributed by atoms with Crippen LogP contribution in [-0.2, 0) is 0 Å². The van der Waals surface area contributed by atoms with Gasteiger partial charge in [0, 0.05) is 38.3 Å². The number of hydrogen-bond acceptors (Lipinski definition) is 0. The molecule has 2 heterocycles. The zero-order valence-corrected chi connectivity index (χ0v) is 15.0. The summed E-state index contributed by atoms with van der Waals surface area (Å²) in [6.45, 7) is 2.13. The monoisotopic (exact) mass is 346 g/mol. The van der Waals surface area contributed by atoms with E-state index in [0.29, 0.717) is 0 Å². The Kier molecular flexibility index (Phi) is 2.84. The summed E-state index contributed by atoms with van der Waals surface area (Å²) in [5.74, 6) is 0. The fraction of sp³-hybridized carbons (Fsp3) is 0.0400. The Labute approximate surface area is 156 Å². The van der Waals surface area contributed by atoms with Crippen LogP contribution >= 0.6 is 0 Å². The number of rotatable bonds is 1. The van der Waals surface area contributed by atoms with Crippen LogP contribution < -0.4 is 0 Å². The Morgan fingerprint density at radius 3 is 2.19 bits per heavy atom. The molecule has 4 aromatic carbocycles. The average Bonchev–Trinajstić information content (AvgIpc) is 3.24. The molecule has 0 aliphatic rings. The van der Waals surface area contributed by atoms with Crippen LogP contribution in [0, 0.1) is 6.92 Å². The number of para-hydroxylation sites is 2. The largest absolute Gasteiger partial charge is 0.354 e. The molecule has 2 heteroatoms. The molecule has 0 saturated heterocycles. The van der Waals surface area contributed by atoms with Gasteiger partial charge in [0.1, 0.15) is 0 Å². The van der Waals surface area contributed by atoms with Gasteiger partial charge in [-0.15, -0.1) is 0 Å². The van der Waals surface area contributed by atoms with Gasteiger partial charge in [-0.2, -0.15) is 0 Å². The van der Waals surface area contributed by atoms with Crippen molar-refractivity contribution in [3.8, 4) is 5.69 Å². The molecule has 6 rings (SSSR count). The maximum absolute atomic E-state index is 3.58. The summed E-state index contributed by atoms with van der Waals surface area (Å²) in [6.07, 6.45) is 0. The Bertz CT molecular complexity index is 1460. The van der Waals surface area contributed by atoms with Crippen molar-refractivity contribution < 1.29 is 0 Å². The number of fused-ring (bicyclic) bond motifs is 7. The van der Waals surface area contributed by atoms with Gasteiger partial charge in [-0.1, -0.05) is 54.1 Å². The quantitative estimate of drug-likeness (QED) is 0.341. The van der Waals surface area contributed by atoms with Crippen LogP contribution in [0.3, 0.4) is 0 Å². The molecule has 6 aromatic rings. The molecule has 2 nitrogen and oxygen atoms in total. The van der Waals surface area contributed by atoms with Crippen LogP contribution in [0.5, 0.6) is 0 Å². The number of nitrogens with one attached hydrogen (secondary N) is 1. The maximum Gasteiger partial charge on any atom is 0.0548 e. The minimum atomic E-state index is 1.19. The molecule has 0 unspecified atom stereocenters. The molecule has 0 aliphatic carbocycles. The van der Waals surface area contributed by atoms with Gasteiger partial charge in [0.25, 0.3) is 0 Å². The molecule has 0 amide bonds. The molecule has 0 radical (unpaired) electrons. The highest BCUT2D eigenvalue weighted by Crippen LogP contribution is 2.39. The highest BCUT2D eigenvalue weighted by atomic mass is 15.0. The van der Waals surface area contributed by atoms with E-state index in [-0.39, 0.29) is 0 Å². The first kappa shape index (κ1) is 14.6. The predicted octanol–water partition coefficient (Wildman–Crippen LogP) is 6.73. The molecule has 0 atom stereocenters. The zero-order chi connectivity index (χ0) is 18.0. The van der Waals surface area contributed by atoms with Gasteiger partial charge in [-0.25, -0.2) is 0 Å². The molecule has 0 spiro atoms. The second-order valence-corrected chi connectivity index (χ2v) is 7.24. The highest BCUT2D eigenvalue weighted by Gasteiger charge is 2.16. The lowest BCUT2D eigenvalue weighted by Crippen LogP contribution is -1.93. The van der Waals surface area contributed by atoms with Gasteiger partial charge in [0.05, 0.1) is 11.0 Å². The minimum absolute atomic E-state index is 1.19. The van der Waals surface area contributed by atoms with E-state index < -0.39 is 0 Å². The highest BCUT2D eigenvalue weighted by molar-refractivity contribution is 6.28. The van der Waals surface area contributed by atoms with Gasteiger partial charge < -0.3 is 9.55 Å². The first-order valence-electron chi connectivity index (χ1n) is 9.31. The van der Waals surface area contributed by atoms with E-state index >= 15 is 0 Å². The summed E-state index contributed by atoms with van der Waals surface area (Å²) >= 11 is 0. The molecule has 0 bridgehead atoms. The van der Waals surface area contributed by atoms with Crippen LogP contribution in [0.15, 0.2) is 84.9 Å². The molecule has 128 valence electrons. The van der Waals surface area contributed by atoms with Gasteiger partial charge in [-0.3, -0.25) is 0 Å². The van der Waals surface area contributed by atoms with E-state index in [2.05, 4.69) is 101 Å². The Hall–Kier alpha value is -3.52. The van der Waals surface area contributed by atoms with E-state index in [1.165, 1.54) is 54.9 Å². The van der Waals surface area contributed by atoms with Crippen LogP contribution in [0.4, 0.5) is 0 Å². The van der Waals surface area contributed by atoms with Gasteiger partial charge >= 0.3 is 0 Å². The fourth-order valence-corrected chi connectivity index (χ4v) is 4.37. The molecule has 1 N–H and O–H groups in total. The molecular formula is C25H18N2. The lowest BCUT2D eigenvalue weighted by molar-refractivity contribution is 1.18. The third-order valence-corrected chi connectivity index (χ3v) is 5.60. The molecule has 2 aromatic heterocycles.